The van der Waals surface area contributed by atoms with Gasteiger partial charge in [-0.3, -0.25) is 4.90 Å². The normalized spacial score (nSPS) is 20.3. The van der Waals surface area contributed by atoms with Crippen molar-refractivity contribution in [3.8, 4) is 5.75 Å². The molecule has 3 rings (SSSR count). The van der Waals surface area contributed by atoms with Crippen molar-refractivity contribution in [2.45, 2.75) is 50.2 Å². The molecule has 1 aliphatic rings. The van der Waals surface area contributed by atoms with Crippen LogP contribution < -0.4 is 4.74 Å². The lowest BCUT2D eigenvalue weighted by molar-refractivity contribution is -0.145. The Hall–Kier alpha value is -2.84. The summed E-state index contributed by atoms with van der Waals surface area (Å²) in [4.78, 5) is 26.7. The Kier molecular flexibility index (Phi) is 7.73. The van der Waals surface area contributed by atoms with Crippen LogP contribution in [0.3, 0.4) is 0 Å². The Morgan fingerprint density at radius 2 is 1.94 bits per heavy atom. The molecule has 2 aromatic rings. The van der Waals surface area contributed by atoms with Crippen LogP contribution in [0.2, 0.25) is 25.7 Å². The van der Waals surface area contributed by atoms with Crippen LogP contribution in [0.25, 0.3) is 10.8 Å². The lowest BCUT2D eigenvalue weighted by atomic mass is 9.88. The van der Waals surface area contributed by atoms with Crippen LogP contribution in [0.4, 0.5) is 4.79 Å². The van der Waals surface area contributed by atoms with E-state index >= 15 is 0 Å². The van der Waals surface area contributed by atoms with E-state index in [9.17, 15) is 14.7 Å². The van der Waals surface area contributed by atoms with Crippen LogP contribution in [0, 0.1) is 0 Å². The van der Waals surface area contributed by atoms with Crippen molar-refractivity contribution in [2.24, 2.45) is 0 Å². The summed E-state index contributed by atoms with van der Waals surface area (Å²) in [5.74, 6) is 0.163. The van der Waals surface area contributed by atoms with Crippen LogP contribution in [0.15, 0.2) is 43.0 Å². The van der Waals surface area contributed by atoms with Gasteiger partial charge in [0.15, 0.2) is 0 Å². The van der Waals surface area contributed by atoms with Crippen LogP contribution in [0.1, 0.15) is 17.5 Å². The van der Waals surface area contributed by atoms with Crippen LogP contribution in [-0.4, -0.2) is 63.6 Å². The molecule has 1 amide bonds. The van der Waals surface area contributed by atoms with Crippen molar-refractivity contribution in [2.75, 3.05) is 27.4 Å². The number of esters is 1. The quantitative estimate of drug-likeness (QED) is 0.337. The number of carbonyl (C=O) groups excluding carboxylic acids is 2. The zero-order valence-electron chi connectivity index (χ0n) is 20.7. The molecular formula is C26H35NO6Si. The number of carbonyl (C=O) groups is 2. The Bertz CT molecular complexity index is 1080. The number of aliphatic hydroxyl groups is 1. The first-order valence-electron chi connectivity index (χ1n) is 11.5. The van der Waals surface area contributed by atoms with Gasteiger partial charge in [-0.1, -0.05) is 43.9 Å². The summed E-state index contributed by atoms with van der Waals surface area (Å²) in [7, 11) is 1.51. The number of allylic oxidation sites excluding steroid dienone is 1. The van der Waals surface area contributed by atoms with Gasteiger partial charge in [-0.05, 0) is 40.9 Å². The highest BCUT2D eigenvalue weighted by molar-refractivity contribution is 6.76. The summed E-state index contributed by atoms with van der Waals surface area (Å²) in [6.45, 7) is 10.7. The van der Waals surface area contributed by atoms with Crippen molar-refractivity contribution >= 4 is 30.9 Å². The van der Waals surface area contributed by atoms with E-state index in [1.54, 1.807) is 13.2 Å². The van der Waals surface area contributed by atoms with E-state index in [0.717, 1.165) is 28.1 Å². The number of nitrogens with zero attached hydrogens (tertiary/aromatic N) is 1. The van der Waals surface area contributed by atoms with Gasteiger partial charge in [0.2, 0.25) is 0 Å². The van der Waals surface area contributed by atoms with Crippen molar-refractivity contribution in [1.29, 1.82) is 0 Å². The number of hydrogen-bond acceptors (Lipinski definition) is 6. The zero-order chi connectivity index (χ0) is 25.1. The van der Waals surface area contributed by atoms with Gasteiger partial charge < -0.3 is 19.3 Å². The lowest BCUT2D eigenvalue weighted by Crippen LogP contribution is -2.42. The second kappa shape index (κ2) is 10.2. The van der Waals surface area contributed by atoms with Crippen molar-refractivity contribution < 1.29 is 28.9 Å². The van der Waals surface area contributed by atoms with Crippen molar-refractivity contribution in [3.63, 3.8) is 0 Å². The van der Waals surface area contributed by atoms with E-state index in [0.29, 0.717) is 12.0 Å². The molecule has 8 heteroatoms. The Morgan fingerprint density at radius 3 is 2.56 bits per heavy atom. The smallest absolute Gasteiger partial charge is 0.410 e. The average Bonchev–Trinajstić information content (AvgIpc) is 3.16. The van der Waals surface area contributed by atoms with Crippen LogP contribution in [-0.2, 0) is 26.3 Å². The fourth-order valence-electron chi connectivity index (χ4n) is 4.36. The molecule has 0 spiro atoms. The van der Waals surface area contributed by atoms with Gasteiger partial charge in [0.25, 0.3) is 0 Å². The summed E-state index contributed by atoms with van der Waals surface area (Å²) in [5, 5.41) is 13.6. The fraction of sp³-hybridized carbons (Fsp3) is 0.462. The topological polar surface area (TPSA) is 85.3 Å². The number of fused-ring (bicyclic) bond motifs is 1. The molecule has 1 fully saturated rings. The number of amides is 1. The van der Waals surface area contributed by atoms with Gasteiger partial charge in [0, 0.05) is 20.1 Å². The Labute approximate surface area is 202 Å². The molecule has 184 valence electrons. The highest BCUT2D eigenvalue weighted by Gasteiger charge is 2.50. The van der Waals surface area contributed by atoms with Crippen LogP contribution in [0.5, 0.6) is 5.75 Å². The minimum Gasteiger partial charge on any atom is -0.496 e. The number of methoxy groups -OCH3 is 2. The SMILES string of the molecule is C=CCc1c(OC)ccc2ccc([C@]3(O)C[C@@H](C(=O)OC)N(C(=O)OCC[Si](C)(C)C)C3)cc12. The van der Waals surface area contributed by atoms with E-state index in [2.05, 4.69) is 26.2 Å². The molecule has 0 aromatic heterocycles. The third-order valence-corrected chi connectivity index (χ3v) is 8.02. The third-order valence-electron chi connectivity index (χ3n) is 6.32. The second-order valence-electron chi connectivity index (χ2n) is 10.0. The van der Waals surface area contributed by atoms with E-state index in [1.807, 2.05) is 30.3 Å². The molecule has 0 unspecified atom stereocenters. The first-order valence-corrected chi connectivity index (χ1v) is 15.2. The maximum absolute atomic E-state index is 12.9. The summed E-state index contributed by atoms with van der Waals surface area (Å²) >= 11 is 0. The van der Waals surface area contributed by atoms with E-state index in [-0.39, 0.29) is 19.6 Å². The summed E-state index contributed by atoms with van der Waals surface area (Å²) in [6.07, 6.45) is 1.82. The molecule has 2 aromatic carbocycles. The largest absolute Gasteiger partial charge is 0.496 e. The Morgan fingerprint density at radius 1 is 1.24 bits per heavy atom. The molecule has 0 bridgehead atoms. The lowest BCUT2D eigenvalue weighted by Gasteiger charge is -2.25. The van der Waals surface area contributed by atoms with E-state index < -0.39 is 31.8 Å². The minimum absolute atomic E-state index is 0.0229. The highest BCUT2D eigenvalue weighted by atomic mass is 28.3. The summed E-state index contributed by atoms with van der Waals surface area (Å²) < 4.78 is 15.9. The van der Waals surface area contributed by atoms with Gasteiger partial charge in [-0.15, -0.1) is 6.58 Å². The first-order chi connectivity index (χ1) is 16.0. The molecular weight excluding hydrogens is 450 g/mol. The molecule has 0 radical (unpaired) electrons. The van der Waals surface area contributed by atoms with Gasteiger partial charge in [0.1, 0.15) is 17.4 Å². The maximum atomic E-state index is 12.9. The molecule has 0 saturated carbocycles. The molecule has 2 atom stereocenters. The Balaban J connectivity index is 1.95. The van der Waals surface area contributed by atoms with E-state index in [1.165, 1.54) is 12.0 Å². The molecule has 1 saturated heterocycles. The third kappa shape index (κ3) is 5.44. The maximum Gasteiger partial charge on any atom is 0.410 e. The molecule has 34 heavy (non-hydrogen) atoms. The number of ether oxygens (including phenoxy) is 3. The predicted octanol–water partition coefficient (Wildman–Crippen LogP) is 4.49. The number of rotatable bonds is 8. The van der Waals surface area contributed by atoms with E-state index in [4.69, 9.17) is 14.2 Å². The zero-order valence-corrected chi connectivity index (χ0v) is 21.7. The molecule has 0 aliphatic carbocycles. The van der Waals surface area contributed by atoms with Crippen LogP contribution >= 0.6 is 0 Å². The van der Waals surface area contributed by atoms with Gasteiger partial charge in [-0.25, -0.2) is 9.59 Å². The monoisotopic (exact) mass is 485 g/mol. The molecule has 1 heterocycles. The standard InChI is InChI=1S/C26H35NO6Si/c1-7-8-20-21-15-19(11-9-18(21)10-12-23(20)31-2)26(30)16-22(24(28)32-3)27(17-26)25(29)33-13-14-34(4,5)6/h7,9-12,15,22,30H,1,8,13-14,16-17H2,2-6H3/t22-,26-/m0/s1. The fourth-order valence-corrected chi connectivity index (χ4v) is 5.07. The minimum atomic E-state index is -1.43. The first kappa shape index (κ1) is 25.8. The predicted molar refractivity (Wildman–Crippen MR) is 135 cm³/mol. The summed E-state index contributed by atoms with van der Waals surface area (Å²) in [6, 6.07) is 9.43. The number of likely N-dealkylation sites (tertiary alicyclic amines) is 1. The molecule has 1 N–H and O–H groups in total. The van der Waals surface area contributed by atoms with Gasteiger partial charge >= 0.3 is 12.1 Å². The number of hydrogen-bond donors (Lipinski definition) is 1. The molecule has 7 nitrogen and oxygen atoms in total. The average molecular weight is 486 g/mol. The van der Waals surface area contributed by atoms with Gasteiger partial charge in [0.05, 0.1) is 27.4 Å². The van der Waals surface area contributed by atoms with Crippen molar-refractivity contribution in [1.82, 2.24) is 4.90 Å². The number of benzene rings is 2. The van der Waals surface area contributed by atoms with Gasteiger partial charge in [-0.2, -0.15) is 0 Å². The highest BCUT2D eigenvalue weighted by Crippen LogP contribution is 2.39. The second-order valence-corrected chi connectivity index (χ2v) is 15.6. The number of β-amino-alcohol motifs (C(OH)–C–C–N with tert-alkyl or cyclic N) is 1. The van der Waals surface area contributed by atoms with Crippen molar-refractivity contribution in [3.05, 3.63) is 54.1 Å². The molecule has 1 aliphatic heterocycles. The summed E-state index contributed by atoms with van der Waals surface area (Å²) in [5.41, 5.74) is 0.148.